The zero-order valence-corrected chi connectivity index (χ0v) is 18.6. The number of carbonyl (C=O) groups excluding carboxylic acids is 1. The Bertz CT molecular complexity index is 926. The third-order valence-electron chi connectivity index (χ3n) is 6.93. The minimum atomic E-state index is -4.71. The van der Waals surface area contributed by atoms with Crippen molar-refractivity contribution in [1.29, 1.82) is 0 Å². The van der Waals surface area contributed by atoms with Gasteiger partial charge in [0.15, 0.2) is 0 Å². The summed E-state index contributed by atoms with van der Waals surface area (Å²) in [6.45, 7) is 3.76. The molecule has 4 rings (SSSR count). The molecular formula is C25H30F3N3O2. The molecule has 2 aliphatic heterocycles. The van der Waals surface area contributed by atoms with Crippen molar-refractivity contribution in [2.75, 3.05) is 26.2 Å². The lowest BCUT2D eigenvalue weighted by Gasteiger charge is -2.38. The van der Waals surface area contributed by atoms with E-state index in [4.69, 9.17) is 5.73 Å². The van der Waals surface area contributed by atoms with E-state index in [9.17, 15) is 18.0 Å². The molecular weight excluding hydrogens is 431 g/mol. The molecule has 1 atom stereocenters. The highest BCUT2D eigenvalue weighted by atomic mass is 19.4. The molecule has 2 N–H and O–H groups in total. The van der Waals surface area contributed by atoms with Crippen molar-refractivity contribution in [3.05, 3.63) is 65.7 Å². The van der Waals surface area contributed by atoms with Gasteiger partial charge in [-0.05, 0) is 68.6 Å². The lowest BCUT2D eigenvalue weighted by atomic mass is 9.77. The molecule has 0 aromatic heterocycles. The van der Waals surface area contributed by atoms with Crippen molar-refractivity contribution in [2.24, 2.45) is 11.1 Å². The van der Waals surface area contributed by atoms with Crippen LogP contribution in [0.1, 0.15) is 42.9 Å². The van der Waals surface area contributed by atoms with E-state index in [0.717, 1.165) is 56.4 Å². The standard InChI is InChI=1S/C25H30F3N3O2/c26-25(27,28)33-21-8-6-19(7-9-21)18-31-17-13-24(23(31)32)11-15-30(16-12-24)14-10-22(29)20-4-2-1-3-5-20/h1-9,22H,10-18,29H2/t22-/m0/s1. The molecule has 2 aromatic carbocycles. The van der Waals surface area contributed by atoms with Crippen LogP contribution in [0.3, 0.4) is 0 Å². The zero-order valence-electron chi connectivity index (χ0n) is 18.6. The molecule has 0 unspecified atom stereocenters. The number of benzene rings is 2. The number of amides is 1. The number of alkyl halides is 3. The number of ether oxygens (including phenoxy) is 1. The van der Waals surface area contributed by atoms with Crippen LogP contribution in [0.2, 0.25) is 0 Å². The summed E-state index contributed by atoms with van der Waals surface area (Å²) < 4.78 is 40.9. The van der Waals surface area contributed by atoms with Crippen molar-refractivity contribution in [3.8, 4) is 5.75 Å². The number of hydrogen-bond donors (Lipinski definition) is 1. The largest absolute Gasteiger partial charge is 0.573 e. The molecule has 2 fully saturated rings. The Morgan fingerprint density at radius 1 is 0.970 bits per heavy atom. The van der Waals surface area contributed by atoms with Crippen molar-refractivity contribution in [2.45, 2.75) is 44.6 Å². The van der Waals surface area contributed by atoms with Crippen LogP contribution in [0.4, 0.5) is 13.2 Å². The lowest BCUT2D eigenvalue weighted by Crippen LogP contribution is -2.45. The molecule has 0 saturated carbocycles. The van der Waals surface area contributed by atoms with Gasteiger partial charge in [0.05, 0.1) is 5.41 Å². The van der Waals surface area contributed by atoms with Crippen molar-refractivity contribution in [3.63, 3.8) is 0 Å². The fourth-order valence-corrected chi connectivity index (χ4v) is 4.92. The lowest BCUT2D eigenvalue weighted by molar-refractivity contribution is -0.274. The first kappa shape index (κ1) is 23.6. The number of nitrogens with zero attached hydrogens (tertiary/aromatic N) is 2. The first-order valence-corrected chi connectivity index (χ1v) is 11.4. The maximum absolute atomic E-state index is 13.2. The Morgan fingerprint density at radius 2 is 1.61 bits per heavy atom. The van der Waals surface area contributed by atoms with Gasteiger partial charge in [-0.3, -0.25) is 4.79 Å². The highest BCUT2D eigenvalue weighted by Gasteiger charge is 2.47. The third-order valence-corrected chi connectivity index (χ3v) is 6.93. The van der Waals surface area contributed by atoms with E-state index in [0.29, 0.717) is 13.1 Å². The van der Waals surface area contributed by atoms with Gasteiger partial charge in [-0.2, -0.15) is 0 Å². The van der Waals surface area contributed by atoms with Crippen molar-refractivity contribution >= 4 is 5.91 Å². The van der Waals surface area contributed by atoms with Gasteiger partial charge < -0.3 is 20.3 Å². The van der Waals surface area contributed by atoms with Crippen LogP contribution in [0, 0.1) is 5.41 Å². The SMILES string of the molecule is N[C@@H](CCN1CCC2(CC1)CCN(Cc1ccc(OC(F)(F)F)cc1)C2=O)c1ccccc1. The number of likely N-dealkylation sites (tertiary alicyclic amines) is 2. The Hall–Kier alpha value is -2.58. The topological polar surface area (TPSA) is 58.8 Å². The zero-order chi connectivity index (χ0) is 23.5. The van der Waals surface area contributed by atoms with E-state index in [-0.39, 0.29) is 23.1 Å². The maximum Gasteiger partial charge on any atom is 0.573 e. The average Bonchev–Trinajstić information content (AvgIpc) is 3.09. The first-order valence-electron chi connectivity index (χ1n) is 11.4. The molecule has 0 bridgehead atoms. The number of hydrogen-bond acceptors (Lipinski definition) is 4. The Kier molecular flexibility index (Phi) is 6.95. The van der Waals surface area contributed by atoms with Gasteiger partial charge in [-0.15, -0.1) is 13.2 Å². The smallest absolute Gasteiger partial charge is 0.406 e. The summed E-state index contributed by atoms with van der Waals surface area (Å²) in [7, 11) is 0. The Balaban J connectivity index is 1.26. The second-order valence-corrected chi connectivity index (χ2v) is 9.10. The number of nitrogens with two attached hydrogens (primary N) is 1. The van der Waals surface area contributed by atoms with Crippen LogP contribution in [0.15, 0.2) is 54.6 Å². The molecule has 2 saturated heterocycles. The van der Waals surface area contributed by atoms with Crippen molar-refractivity contribution < 1.29 is 22.7 Å². The fourth-order valence-electron chi connectivity index (χ4n) is 4.92. The van der Waals surface area contributed by atoms with Crippen LogP contribution in [0.5, 0.6) is 5.75 Å². The normalized spacial score (nSPS) is 19.8. The van der Waals surface area contributed by atoms with E-state index in [1.165, 1.54) is 12.1 Å². The van der Waals surface area contributed by atoms with E-state index >= 15 is 0 Å². The molecule has 33 heavy (non-hydrogen) atoms. The number of piperidine rings is 1. The molecule has 1 spiro atoms. The highest BCUT2D eigenvalue weighted by Crippen LogP contribution is 2.42. The quantitative estimate of drug-likeness (QED) is 0.660. The summed E-state index contributed by atoms with van der Waals surface area (Å²) in [4.78, 5) is 17.4. The second kappa shape index (κ2) is 9.73. The van der Waals surface area contributed by atoms with Crippen LogP contribution in [-0.2, 0) is 11.3 Å². The van der Waals surface area contributed by atoms with Crippen LogP contribution in [-0.4, -0.2) is 48.2 Å². The van der Waals surface area contributed by atoms with E-state index < -0.39 is 6.36 Å². The van der Waals surface area contributed by atoms with Crippen molar-refractivity contribution in [1.82, 2.24) is 9.80 Å². The summed E-state index contributed by atoms with van der Waals surface area (Å²) in [5.74, 6) is -0.0893. The van der Waals surface area contributed by atoms with Crippen LogP contribution in [0.25, 0.3) is 0 Å². The van der Waals surface area contributed by atoms with E-state index in [1.54, 1.807) is 12.1 Å². The number of rotatable bonds is 7. The van der Waals surface area contributed by atoms with Gasteiger partial charge in [0.2, 0.25) is 5.91 Å². The Morgan fingerprint density at radius 3 is 2.24 bits per heavy atom. The Labute approximate surface area is 192 Å². The fraction of sp³-hybridized carbons (Fsp3) is 0.480. The molecule has 1 amide bonds. The molecule has 8 heteroatoms. The molecule has 5 nitrogen and oxygen atoms in total. The molecule has 2 aliphatic rings. The van der Waals surface area contributed by atoms with Crippen LogP contribution < -0.4 is 10.5 Å². The minimum absolute atomic E-state index is 0.0126. The van der Waals surface area contributed by atoms with E-state index in [1.807, 2.05) is 23.1 Å². The van der Waals surface area contributed by atoms with Gasteiger partial charge in [0, 0.05) is 19.1 Å². The summed E-state index contributed by atoms with van der Waals surface area (Å²) in [5, 5.41) is 0. The molecule has 0 radical (unpaired) electrons. The van der Waals surface area contributed by atoms with Gasteiger partial charge in [0.1, 0.15) is 5.75 Å². The summed E-state index contributed by atoms with van der Waals surface area (Å²) in [5.41, 5.74) is 7.96. The highest BCUT2D eigenvalue weighted by molar-refractivity contribution is 5.85. The monoisotopic (exact) mass is 461 g/mol. The van der Waals surface area contributed by atoms with Crippen LogP contribution >= 0.6 is 0 Å². The summed E-state index contributed by atoms with van der Waals surface area (Å²) in [6.07, 6.45) is -1.33. The third kappa shape index (κ3) is 5.86. The number of carbonyl (C=O) groups is 1. The predicted octanol–water partition coefficient (Wildman–Crippen LogP) is 4.49. The molecule has 2 aromatic rings. The first-order chi connectivity index (χ1) is 15.7. The van der Waals surface area contributed by atoms with Gasteiger partial charge in [-0.25, -0.2) is 0 Å². The summed E-state index contributed by atoms with van der Waals surface area (Å²) in [6, 6.07) is 15.9. The van der Waals surface area contributed by atoms with E-state index in [2.05, 4.69) is 21.8 Å². The maximum atomic E-state index is 13.2. The van der Waals surface area contributed by atoms with Gasteiger partial charge >= 0.3 is 6.36 Å². The second-order valence-electron chi connectivity index (χ2n) is 9.10. The molecule has 178 valence electrons. The number of halogens is 3. The van der Waals surface area contributed by atoms with Gasteiger partial charge in [-0.1, -0.05) is 42.5 Å². The molecule has 2 heterocycles. The predicted molar refractivity (Wildman–Crippen MR) is 119 cm³/mol. The molecule has 0 aliphatic carbocycles. The summed E-state index contributed by atoms with van der Waals surface area (Å²) >= 11 is 0. The minimum Gasteiger partial charge on any atom is -0.406 e. The average molecular weight is 462 g/mol. The van der Waals surface area contributed by atoms with Gasteiger partial charge in [0.25, 0.3) is 0 Å².